The van der Waals surface area contributed by atoms with Crippen molar-refractivity contribution < 1.29 is 9.27 Å². The van der Waals surface area contributed by atoms with E-state index < -0.39 is 0 Å². The number of pyridine rings is 1. The van der Waals surface area contributed by atoms with E-state index in [2.05, 4.69) is 10.9 Å². The van der Waals surface area contributed by atoms with Crippen molar-refractivity contribution in [3.63, 3.8) is 0 Å². The highest BCUT2D eigenvalue weighted by atomic mass is 16.2. The Morgan fingerprint density at radius 3 is 2.76 bits per heavy atom. The van der Waals surface area contributed by atoms with Gasteiger partial charge in [-0.2, -0.15) is 0 Å². The Morgan fingerprint density at radius 2 is 2.05 bits per heavy atom. The molecule has 6 heteroatoms. The van der Waals surface area contributed by atoms with Gasteiger partial charge >= 0.3 is 0 Å². The Kier molecular flexibility index (Phi) is 5.07. The number of carbonyl (C=O) groups excluding carboxylic acids is 1. The van der Waals surface area contributed by atoms with Gasteiger partial charge in [-0.25, -0.2) is 10.7 Å². The third-order valence-corrected chi connectivity index (χ3v) is 2.99. The molecule has 0 aliphatic carbocycles. The van der Waals surface area contributed by atoms with Crippen LogP contribution in [-0.4, -0.2) is 13.3 Å². The van der Waals surface area contributed by atoms with Crippen LogP contribution in [0.25, 0.3) is 0 Å². The molecule has 5 nitrogen and oxygen atoms in total. The first-order valence-corrected chi connectivity index (χ1v) is 6.55. The molecule has 2 radical (unpaired) electrons. The van der Waals surface area contributed by atoms with Crippen LogP contribution in [0.15, 0.2) is 54.9 Å². The molecule has 1 amide bonds. The Bertz CT molecular complexity index is 654. The lowest BCUT2D eigenvalue weighted by Gasteiger charge is -2.15. The van der Waals surface area contributed by atoms with Gasteiger partial charge in [0.15, 0.2) is 0 Å². The van der Waals surface area contributed by atoms with E-state index in [9.17, 15) is 4.79 Å². The van der Waals surface area contributed by atoms with Crippen molar-refractivity contribution in [2.24, 2.45) is 0 Å². The monoisotopic (exact) mass is 278 g/mol. The molecule has 21 heavy (non-hydrogen) atoms. The van der Waals surface area contributed by atoms with Crippen molar-refractivity contribution in [2.45, 2.75) is 13.0 Å². The van der Waals surface area contributed by atoms with E-state index in [1.165, 1.54) is 11.9 Å². The van der Waals surface area contributed by atoms with E-state index >= 15 is 0 Å². The van der Waals surface area contributed by atoms with E-state index in [0.717, 1.165) is 5.56 Å². The highest BCUT2D eigenvalue weighted by molar-refractivity contribution is 6.35. The van der Waals surface area contributed by atoms with Crippen molar-refractivity contribution in [3.8, 4) is 5.97 Å². The number of carbonyl (C=O) groups is 1. The van der Waals surface area contributed by atoms with Crippen molar-refractivity contribution in [3.05, 3.63) is 66.0 Å². The second-order valence-electron chi connectivity index (χ2n) is 4.53. The average molecular weight is 278 g/mol. The molecule has 104 valence electrons. The number of amides is 1. The lowest BCUT2D eigenvalue weighted by atomic mass is 9.98. The molecular weight excluding hydrogens is 263 g/mol. The number of hydrogen-bond donors (Lipinski definition) is 2. The van der Waals surface area contributed by atoms with E-state index in [1.54, 1.807) is 24.5 Å². The molecule has 1 unspecified atom stereocenters. The van der Waals surface area contributed by atoms with Crippen LogP contribution >= 0.6 is 0 Å². The van der Waals surface area contributed by atoms with Gasteiger partial charge in [-0.05, 0) is 24.6 Å². The first-order chi connectivity index (χ1) is 10.2. The minimum atomic E-state index is -0.251. The van der Waals surface area contributed by atoms with Gasteiger partial charge in [0.05, 0.1) is 5.56 Å². The number of rotatable bonds is 5. The number of nitriles is 1. The van der Waals surface area contributed by atoms with Crippen molar-refractivity contribution >= 4 is 13.3 Å². The number of hydrogen-bond acceptors (Lipinski definition) is 3. The van der Waals surface area contributed by atoms with Crippen LogP contribution < -0.4 is 15.3 Å². The number of benzene rings is 1. The van der Waals surface area contributed by atoms with Gasteiger partial charge in [0.2, 0.25) is 7.41 Å². The summed E-state index contributed by atoms with van der Waals surface area (Å²) in [5.74, 6) is 1.66. The van der Waals surface area contributed by atoms with E-state index in [4.69, 9.17) is 5.26 Å². The number of nitrogens with one attached hydrogen (secondary N) is 2. The fraction of sp³-hybridized carbons (Fsp3) is 0.133. The second-order valence-corrected chi connectivity index (χ2v) is 4.53. The average Bonchev–Trinajstić information content (AvgIpc) is 2.53. The summed E-state index contributed by atoms with van der Waals surface area (Å²) in [6, 6.07) is 13.2. The quantitative estimate of drug-likeness (QED) is 0.631. The topological polar surface area (TPSA) is 68.8 Å². The number of hydrazine groups is 1. The molecule has 1 aromatic carbocycles. The van der Waals surface area contributed by atoms with Gasteiger partial charge in [0, 0.05) is 6.04 Å². The smallest absolute Gasteiger partial charge is 0.271 e. The maximum Gasteiger partial charge on any atom is 0.271 e. The molecule has 0 fully saturated rings. The molecule has 0 saturated heterocycles. The molecule has 1 atom stereocenters. The fourth-order valence-corrected chi connectivity index (χ4v) is 1.85. The van der Waals surface area contributed by atoms with Gasteiger partial charge in [0.25, 0.3) is 5.91 Å². The maximum atomic E-state index is 12.1. The molecule has 1 aromatic heterocycles. The lowest BCUT2D eigenvalue weighted by Crippen LogP contribution is -2.42. The van der Waals surface area contributed by atoms with Crippen LogP contribution in [0, 0.1) is 11.2 Å². The molecule has 0 aliphatic heterocycles. The first kappa shape index (κ1) is 14.8. The summed E-state index contributed by atoms with van der Waals surface area (Å²) < 4.78 is 1.54. The zero-order chi connectivity index (χ0) is 15.1. The SMILES string of the molecule is CC(NNC(=O)c1ccc[n+]([B-]C#N)c1)c1ccccc1. The third kappa shape index (κ3) is 4.16. The highest BCUT2D eigenvalue weighted by Gasteiger charge is 2.10. The van der Waals surface area contributed by atoms with Gasteiger partial charge in [-0.1, -0.05) is 30.3 Å². The summed E-state index contributed by atoms with van der Waals surface area (Å²) in [5.41, 5.74) is 7.18. The zero-order valence-corrected chi connectivity index (χ0v) is 11.7. The predicted octanol–water partition coefficient (Wildman–Crippen LogP) is 0.918. The van der Waals surface area contributed by atoms with Crippen molar-refractivity contribution in [1.29, 1.82) is 5.26 Å². The van der Waals surface area contributed by atoms with E-state index in [1.807, 2.05) is 43.2 Å². The molecule has 1 heterocycles. The Balaban J connectivity index is 1.96. The van der Waals surface area contributed by atoms with Crippen LogP contribution in [0.5, 0.6) is 0 Å². The summed E-state index contributed by atoms with van der Waals surface area (Å²) in [7, 11) is 1.32. The zero-order valence-electron chi connectivity index (χ0n) is 11.7. The minimum Gasteiger partial charge on any atom is -0.460 e. The largest absolute Gasteiger partial charge is 0.460 e. The van der Waals surface area contributed by atoms with Gasteiger partial charge < -0.3 is 4.48 Å². The number of aromatic nitrogens is 1. The Morgan fingerprint density at radius 1 is 1.29 bits per heavy atom. The summed E-state index contributed by atoms with van der Waals surface area (Å²) >= 11 is 0. The molecule has 0 spiro atoms. The standard InChI is InChI=1S/C15H14BN4O/c1-12(13-6-3-2-4-7-13)18-19-15(21)14-8-5-9-20(10-14)16-11-17/h2-10,12,18H,1H3/q-1/p+1. The molecule has 2 N–H and O–H groups in total. The summed E-state index contributed by atoms with van der Waals surface area (Å²) in [6.07, 6.45) is 3.29. The van der Waals surface area contributed by atoms with Crippen LogP contribution in [-0.2, 0) is 0 Å². The molecule has 0 saturated carbocycles. The van der Waals surface area contributed by atoms with Crippen LogP contribution in [0.2, 0.25) is 0 Å². The van der Waals surface area contributed by atoms with Crippen LogP contribution in [0.1, 0.15) is 28.9 Å². The Hall–Kier alpha value is -2.65. The first-order valence-electron chi connectivity index (χ1n) is 6.55. The van der Waals surface area contributed by atoms with Crippen molar-refractivity contribution in [2.75, 3.05) is 0 Å². The molecule has 2 aromatic rings. The normalized spacial score (nSPS) is 11.4. The van der Waals surface area contributed by atoms with Gasteiger partial charge in [-0.15, -0.1) is 5.97 Å². The number of nitrogens with zero attached hydrogens (tertiary/aromatic N) is 2. The van der Waals surface area contributed by atoms with Crippen molar-refractivity contribution in [1.82, 2.24) is 10.9 Å². The van der Waals surface area contributed by atoms with Crippen LogP contribution in [0.4, 0.5) is 0 Å². The van der Waals surface area contributed by atoms with Gasteiger partial charge in [-0.3, -0.25) is 10.2 Å². The molecular formula is C15H15BN4O. The molecule has 0 aliphatic rings. The summed E-state index contributed by atoms with van der Waals surface area (Å²) in [4.78, 5) is 12.1. The van der Waals surface area contributed by atoms with Gasteiger partial charge in [0.1, 0.15) is 12.4 Å². The van der Waals surface area contributed by atoms with Crippen LogP contribution in [0.3, 0.4) is 0 Å². The lowest BCUT2D eigenvalue weighted by molar-refractivity contribution is -0.527. The molecule has 0 bridgehead atoms. The predicted molar refractivity (Wildman–Crippen MR) is 78.9 cm³/mol. The minimum absolute atomic E-state index is 0.00310. The second kappa shape index (κ2) is 7.22. The third-order valence-electron chi connectivity index (χ3n) is 2.99. The highest BCUT2D eigenvalue weighted by Crippen LogP contribution is 2.09. The summed E-state index contributed by atoms with van der Waals surface area (Å²) in [6.45, 7) is 1.96. The van der Waals surface area contributed by atoms with E-state index in [-0.39, 0.29) is 11.9 Å². The molecule has 2 rings (SSSR count). The summed E-state index contributed by atoms with van der Waals surface area (Å²) in [5, 5.41) is 8.61. The maximum absolute atomic E-state index is 12.1. The Labute approximate surface area is 124 Å². The van der Waals surface area contributed by atoms with E-state index in [0.29, 0.717) is 5.56 Å². The fourth-order valence-electron chi connectivity index (χ4n) is 1.85.